The second kappa shape index (κ2) is 13.6. The molecule has 5 atom stereocenters. The highest BCUT2D eigenvalue weighted by Crippen LogP contribution is 2.31. The molecule has 0 spiro atoms. The topological polar surface area (TPSA) is 129 Å². The van der Waals surface area contributed by atoms with E-state index in [1.807, 2.05) is 0 Å². The Bertz CT molecular complexity index is 1690. The van der Waals surface area contributed by atoms with Crippen LogP contribution in [0.1, 0.15) is 36.0 Å². The third-order valence-corrected chi connectivity index (χ3v) is 8.59. The van der Waals surface area contributed by atoms with Gasteiger partial charge in [-0.05, 0) is 61.2 Å². The van der Waals surface area contributed by atoms with E-state index >= 15 is 0 Å². The summed E-state index contributed by atoms with van der Waals surface area (Å²) >= 11 is 0. The van der Waals surface area contributed by atoms with Crippen LogP contribution in [0.2, 0.25) is 0 Å². The van der Waals surface area contributed by atoms with E-state index in [-0.39, 0.29) is 54.8 Å². The monoisotopic (exact) mass is 656 g/mol. The molecule has 0 unspecified atom stereocenters. The lowest BCUT2D eigenvalue weighted by atomic mass is 9.99. The van der Waals surface area contributed by atoms with Gasteiger partial charge >= 0.3 is 6.03 Å². The number of nitrogens with zero attached hydrogens (tertiary/aromatic N) is 1. The van der Waals surface area contributed by atoms with Crippen molar-refractivity contribution in [1.29, 1.82) is 0 Å². The van der Waals surface area contributed by atoms with Crippen LogP contribution in [0.25, 0.3) is 11.1 Å². The first-order chi connectivity index (χ1) is 22.5. The Kier molecular flexibility index (Phi) is 9.32. The molecule has 3 aliphatic rings. The van der Waals surface area contributed by atoms with Gasteiger partial charge in [0.1, 0.15) is 29.5 Å². The van der Waals surface area contributed by atoms with Crippen molar-refractivity contribution in [3.05, 3.63) is 83.4 Å². The van der Waals surface area contributed by atoms with E-state index in [0.717, 1.165) is 24.3 Å². The number of carbonyl (C=O) groups is 3. The Morgan fingerprint density at radius 1 is 0.915 bits per heavy atom. The molecule has 3 aromatic carbocycles. The number of carbonyl (C=O) groups excluding carboxylic acids is 3. The van der Waals surface area contributed by atoms with E-state index in [4.69, 9.17) is 9.47 Å². The van der Waals surface area contributed by atoms with Gasteiger partial charge in [-0.1, -0.05) is 6.07 Å². The van der Waals surface area contributed by atoms with E-state index in [1.165, 1.54) is 35.2 Å². The molecular weight excluding hydrogens is 624 g/mol. The molecule has 248 valence electrons. The Labute approximate surface area is 267 Å². The fraction of sp³-hybridized carbons (Fsp3) is 0.364. The Hall–Kier alpha value is -4.69. The minimum absolute atomic E-state index is 0.00847. The number of halogens is 4. The number of fused-ring (bicyclic) bond motifs is 5. The lowest BCUT2D eigenvalue weighted by Crippen LogP contribution is -2.51. The highest BCUT2D eigenvalue weighted by Gasteiger charge is 2.41. The molecule has 47 heavy (non-hydrogen) atoms. The average molecular weight is 657 g/mol. The highest BCUT2D eigenvalue weighted by molar-refractivity contribution is 5.98. The Balaban J connectivity index is 1.30. The van der Waals surface area contributed by atoms with Gasteiger partial charge in [-0.2, -0.15) is 0 Å². The smallest absolute Gasteiger partial charge is 0.322 e. The molecule has 4 N–H and O–H groups in total. The SMILES string of the molecule is O=C1N[C@H]2C[C@@H](C(=O)NC[C@H]3O[C@H](CCOc4cc(-c5ccc(F)cc5F)ccc41)CC[C@@H]3O)N(C(=O)Nc1ccc(F)c(F)c1)C2. The quantitative estimate of drug-likeness (QED) is 0.308. The number of nitrogens with one attached hydrogen (secondary N) is 3. The van der Waals surface area contributed by atoms with Crippen LogP contribution < -0.4 is 20.7 Å². The molecule has 0 aromatic heterocycles. The summed E-state index contributed by atoms with van der Waals surface area (Å²) in [4.78, 5) is 41.5. The molecule has 4 bridgehead atoms. The summed E-state index contributed by atoms with van der Waals surface area (Å²) in [5.74, 6) is -4.80. The molecule has 2 fully saturated rings. The molecule has 2 saturated heterocycles. The number of benzene rings is 3. The van der Waals surface area contributed by atoms with Crippen molar-refractivity contribution in [1.82, 2.24) is 15.5 Å². The number of ether oxygens (including phenoxy) is 2. The van der Waals surface area contributed by atoms with Crippen LogP contribution in [-0.2, 0) is 9.53 Å². The van der Waals surface area contributed by atoms with E-state index in [2.05, 4.69) is 16.0 Å². The number of aliphatic hydroxyl groups excluding tert-OH is 1. The lowest BCUT2D eigenvalue weighted by molar-refractivity contribution is -0.133. The number of hydrogen-bond donors (Lipinski definition) is 4. The van der Waals surface area contributed by atoms with Crippen LogP contribution in [0.4, 0.5) is 28.0 Å². The van der Waals surface area contributed by atoms with E-state index in [9.17, 15) is 37.1 Å². The first-order valence-corrected chi connectivity index (χ1v) is 15.2. The summed E-state index contributed by atoms with van der Waals surface area (Å²) in [6, 6.07) is 7.84. The predicted molar refractivity (Wildman–Crippen MR) is 161 cm³/mol. The molecule has 0 saturated carbocycles. The third-order valence-electron chi connectivity index (χ3n) is 8.59. The maximum absolute atomic E-state index is 14.6. The largest absolute Gasteiger partial charge is 0.493 e. The number of likely N-dealkylation sites (tertiary alicyclic amines) is 1. The van der Waals surface area contributed by atoms with Crippen LogP contribution in [0, 0.1) is 23.3 Å². The summed E-state index contributed by atoms with van der Waals surface area (Å²) in [7, 11) is 0. The molecule has 6 rings (SSSR count). The van der Waals surface area contributed by atoms with Gasteiger partial charge < -0.3 is 35.4 Å². The molecule has 10 nitrogen and oxygen atoms in total. The number of hydrogen-bond acceptors (Lipinski definition) is 6. The normalized spacial score (nSPS) is 24.9. The van der Waals surface area contributed by atoms with E-state index < -0.39 is 65.4 Å². The maximum atomic E-state index is 14.6. The molecule has 0 radical (unpaired) electrons. The Morgan fingerprint density at radius 2 is 1.72 bits per heavy atom. The van der Waals surface area contributed by atoms with Crippen molar-refractivity contribution in [2.24, 2.45) is 0 Å². The molecule has 3 heterocycles. The summed E-state index contributed by atoms with van der Waals surface area (Å²) in [6.45, 7) is -0.0448. The zero-order valence-electron chi connectivity index (χ0n) is 25.0. The van der Waals surface area contributed by atoms with Crippen molar-refractivity contribution < 1.29 is 46.5 Å². The lowest BCUT2D eigenvalue weighted by Gasteiger charge is -2.34. The van der Waals surface area contributed by atoms with Gasteiger partial charge in [0.2, 0.25) is 5.91 Å². The highest BCUT2D eigenvalue weighted by atomic mass is 19.2. The fourth-order valence-corrected chi connectivity index (χ4v) is 6.13. The van der Waals surface area contributed by atoms with Crippen LogP contribution in [0.3, 0.4) is 0 Å². The van der Waals surface area contributed by atoms with Crippen LogP contribution in [0.15, 0.2) is 54.6 Å². The standard InChI is InChI=1S/C33H32F4N4O6/c34-18-2-6-22(25(36)12-18)17-1-5-23-29(11-17)46-10-9-21-4-8-28(42)30(47-21)15-38-32(44)27-14-20(39-31(23)43)16-41(27)33(45)40-19-3-7-24(35)26(37)13-19/h1-3,5-7,11-13,20-21,27-28,30,42H,4,8-10,14-16H2,(H,38,44)(H,39,43)(H,40,45)/t20-,21-,27-,28-,30+/m0/s1. The first kappa shape index (κ1) is 32.3. The zero-order chi connectivity index (χ0) is 33.2. The second-order valence-electron chi connectivity index (χ2n) is 11.8. The molecule has 14 heteroatoms. The van der Waals surface area contributed by atoms with Crippen molar-refractivity contribution in [3.8, 4) is 16.9 Å². The molecule has 0 aliphatic carbocycles. The maximum Gasteiger partial charge on any atom is 0.322 e. The van der Waals surface area contributed by atoms with Crippen molar-refractivity contribution in [2.75, 3.05) is 25.0 Å². The third kappa shape index (κ3) is 7.18. The summed E-state index contributed by atoms with van der Waals surface area (Å²) in [5, 5.41) is 18.6. The van der Waals surface area contributed by atoms with Crippen LogP contribution in [0.5, 0.6) is 5.75 Å². The number of urea groups is 1. The van der Waals surface area contributed by atoms with Crippen LogP contribution >= 0.6 is 0 Å². The van der Waals surface area contributed by atoms with Gasteiger partial charge in [0.05, 0.1) is 24.4 Å². The summed E-state index contributed by atoms with van der Waals surface area (Å²) in [6.07, 6.45) is -0.587. The molecule has 3 aliphatic heterocycles. The van der Waals surface area contributed by atoms with Crippen molar-refractivity contribution >= 4 is 23.5 Å². The van der Waals surface area contributed by atoms with Crippen LogP contribution in [-0.4, -0.2) is 77.9 Å². The van der Waals surface area contributed by atoms with Gasteiger partial charge in [-0.25, -0.2) is 22.4 Å². The zero-order valence-corrected chi connectivity index (χ0v) is 25.0. The summed E-state index contributed by atoms with van der Waals surface area (Å²) in [5.41, 5.74) is 0.512. The van der Waals surface area contributed by atoms with E-state index in [1.54, 1.807) is 0 Å². The van der Waals surface area contributed by atoms with Gasteiger partial charge in [-0.15, -0.1) is 0 Å². The van der Waals surface area contributed by atoms with Gasteiger partial charge in [-0.3, -0.25) is 9.59 Å². The van der Waals surface area contributed by atoms with E-state index in [0.29, 0.717) is 24.8 Å². The number of rotatable bonds is 2. The van der Waals surface area contributed by atoms with Gasteiger partial charge in [0.25, 0.3) is 5.91 Å². The molecular formula is C33H32F4N4O6. The van der Waals surface area contributed by atoms with Crippen molar-refractivity contribution in [2.45, 2.75) is 56.1 Å². The summed E-state index contributed by atoms with van der Waals surface area (Å²) < 4.78 is 67.6. The average Bonchev–Trinajstić information content (AvgIpc) is 3.46. The van der Waals surface area contributed by atoms with Gasteiger partial charge in [0.15, 0.2) is 11.6 Å². The number of aliphatic hydroxyl groups is 1. The first-order valence-electron chi connectivity index (χ1n) is 15.2. The van der Waals surface area contributed by atoms with Gasteiger partial charge in [0, 0.05) is 48.9 Å². The predicted octanol–water partition coefficient (Wildman–Crippen LogP) is 4.12. The second-order valence-corrected chi connectivity index (χ2v) is 11.8. The van der Waals surface area contributed by atoms with Crippen molar-refractivity contribution in [3.63, 3.8) is 0 Å². The Morgan fingerprint density at radius 3 is 2.51 bits per heavy atom. The number of anilines is 1. The molecule has 4 amide bonds. The minimum atomic E-state index is -1.17. The number of amides is 4. The minimum Gasteiger partial charge on any atom is -0.493 e. The fourth-order valence-electron chi connectivity index (χ4n) is 6.13. The molecule has 3 aromatic rings.